The third-order valence-corrected chi connectivity index (χ3v) is 7.04. The molecule has 1 fully saturated rings. The van der Waals surface area contributed by atoms with Crippen LogP contribution in [0.15, 0.2) is 30.3 Å². The second kappa shape index (κ2) is 15.1. The van der Waals surface area contributed by atoms with Crippen LogP contribution in [0.3, 0.4) is 0 Å². The van der Waals surface area contributed by atoms with E-state index < -0.39 is 66.1 Å². The fourth-order valence-corrected chi connectivity index (χ4v) is 4.62. The first-order valence-electron chi connectivity index (χ1n) is 14.1. The number of rotatable bonds is 12. The highest BCUT2D eigenvalue weighted by Crippen LogP contribution is 2.24. The Labute approximate surface area is 249 Å². The van der Waals surface area contributed by atoms with Gasteiger partial charge in [-0.3, -0.25) is 24.1 Å². The van der Waals surface area contributed by atoms with E-state index in [-0.39, 0.29) is 32.5 Å². The molecule has 240 valence electrons. The van der Waals surface area contributed by atoms with Crippen LogP contribution in [0, 0.1) is 0 Å². The number of benzene rings is 1. The molecule has 43 heavy (non-hydrogen) atoms. The maximum absolute atomic E-state index is 13.6. The number of nitrogens with zero attached hydrogens (tertiary/aromatic N) is 3. The molecule has 0 unspecified atom stereocenters. The van der Waals surface area contributed by atoms with Gasteiger partial charge in [-0.05, 0) is 58.9 Å². The van der Waals surface area contributed by atoms with Crippen molar-refractivity contribution >= 4 is 29.8 Å². The molecule has 1 aliphatic heterocycles. The van der Waals surface area contributed by atoms with Crippen LogP contribution in [0.5, 0.6) is 0 Å². The molecular formula is C29H41F3N4O7. The van der Waals surface area contributed by atoms with Gasteiger partial charge in [-0.25, -0.2) is 4.79 Å². The number of hydrogen-bond donors (Lipinski definition) is 2. The zero-order chi connectivity index (χ0) is 32.5. The molecule has 1 aromatic carbocycles. The lowest BCUT2D eigenvalue weighted by atomic mass is 10.1. The molecule has 3 atom stereocenters. The number of carboxylic acids is 1. The standard InChI is InChI=1S/C29H41F3N4O7/c1-19(34(5)27(42)43-28(2,3)4)24(39)33-22(13-14-23(37)38)25(40)36-16-9-12-21(36)18-35(26(41)29(30,31)32)17-15-20-10-7-6-8-11-20/h6-8,10-11,19,21-22H,9,12-18H2,1-5H3,(H,33,39)(H,37,38)/t19-,21-,22-/m0/s1. The van der Waals surface area contributed by atoms with Crippen molar-refractivity contribution in [2.45, 2.75) is 89.7 Å². The van der Waals surface area contributed by atoms with Gasteiger partial charge in [0, 0.05) is 39.1 Å². The molecule has 0 spiro atoms. The minimum Gasteiger partial charge on any atom is -0.481 e. The number of likely N-dealkylation sites (tertiary alicyclic amines) is 1. The smallest absolute Gasteiger partial charge is 0.471 e. The lowest BCUT2D eigenvalue weighted by Gasteiger charge is -2.34. The summed E-state index contributed by atoms with van der Waals surface area (Å²) < 4.78 is 45.7. The van der Waals surface area contributed by atoms with Crippen LogP contribution in [-0.4, -0.2) is 106 Å². The Balaban J connectivity index is 2.21. The monoisotopic (exact) mass is 614 g/mol. The highest BCUT2D eigenvalue weighted by Gasteiger charge is 2.44. The third kappa shape index (κ3) is 11.1. The van der Waals surface area contributed by atoms with Crippen molar-refractivity contribution < 1.29 is 47.0 Å². The molecule has 0 aromatic heterocycles. The van der Waals surface area contributed by atoms with Crippen LogP contribution < -0.4 is 5.32 Å². The highest BCUT2D eigenvalue weighted by atomic mass is 19.4. The first-order valence-corrected chi connectivity index (χ1v) is 14.1. The molecule has 0 aliphatic carbocycles. The highest BCUT2D eigenvalue weighted by molar-refractivity contribution is 5.91. The quantitative estimate of drug-likeness (QED) is 0.369. The number of nitrogens with one attached hydrogen (secondary N) is 1. The molecule has 1 aliphatic rings. The number of likely N-dealkylation sites (N-methyl/N-ethyl adjacent to an activating group) is 1. The minimum atomic E-state index is -5.11. The summed E-state index contributed by atoms with van der Waals surface area (Å²) in [6.07, 6.45) is -5.72. The summed E-state index contributed by atoms with van der Waals surface area (Å²) >= 11 is 0. The number of alkyl halides is 3. The van der Waals surface area contributed by atoms with Gasteiger partial charge in [0.05, 0.1) is 0 Å². The van der Waals surface area contributed by atoms with E-state index >= 15 is 0 Å². The van der Waals surface area contributed by atoms with Crippen molar-refractivity contribution in [1.82, 2.24) is 20.0 Å². The van der Waals surface area contributed by atoms with Crippen molar-refractivity contribution in [3.63, 3.8) is 0 Å². The van der Waals surface area contributed by atoms with E-state index in [1.54, 1.807) is 51.1 Å². The van der Waals surface area contributed by atoms with Gasteiger partial charge in [0.1, 0.15) is 17.7 Å². The summed E-state index contributed by atoms with van der Waals surface area (Å²) in [4.78, 5) is 65.8. The molecule has 1 saturated heterocycles. The summed E-state index contributed by atoms with van der Waals surface area (Å²) in [5.41, 5.74) is -0.0851. The Morgan fingerprint density at radius 1 is 1.12 bits per heavy atom. The van der Waals surface area contributed by atoms with Crippen molar-refractivity contribution in [3.8, 4) is 0 Å². The first-order chi connectivity index (χ1) is 19.9. The van der Waals surface area contributed by atoms with Crippen LogP contribution in [0.2, 0.25) is 0 Å². The van der Waals surface area contributed by atoms with E-state index in [1.165, 1.54) is 18.9 Å². The summed E-state index contributed by atoms with van der Waals surface area (Å²) in [6, 6.07) is 5.51. The molecule has 2 rings (SSSR count). The second-order valence-corrected chi connectivity index (χ2v) is 11.6. The van der Waals surface area contributed by atoms with Crippen molar-refractivity contribution in [2.24, 2.45) is 0 Å². The van der Waals surface area contributed by atoms with Crippen molar-refractivity contribution in [3.05, 3.63) is 35.9 Å². The number of carboxylic acid groups (broad SMARTS) is 1. The molecule has 1 aromatic rings. The van der Waals surface area contributed by atoms with Gasteiger partial charge < -0.3 is 25.0 Å². The maximum atomic E-state index is 13.6. The predicted molar refractivity (Wildman–Crippen MR) is 150 cm³/mol. The van der Waals surface area contributed by atoms with Gasteiger partial charge in [0.2, 0.25) is 11.8 Å². The lowest BCUT2D eigenvalue weighted by Crippen LogP contribution is -2.56. The SMILES string of the molecule is C[C@@H](C(=O)N[C@@H](CCC(=O)O)C(=O)N1CCC[C@H]1CN(CCc1ccccc1)C(=O)C(F)(F)F)N(C)C(=O)OC(C)(C)C. The Morgan fingerprint density at radius 3 is 2.30 bits per heavy atom. The Kier molecular flexibility index (Phi) is 12.4. The molecule has 11 nitrogen and oxygen atoms in total. The fraction of sp³-hybridized carbons (Fsp3) is 0.621. The largest absolute Gasteiger partial charge is 0.481 e. The van der Waals surface area contributed by atoms with Crippen LogP contribution in [-0.2, 0) is 30.3 Å². The van der Waals surface area contributed by atoms with Gasteiger partial charge >= 0.3 is 24.1 Å². The first kappa shape index (κ1) is 35.4. The van der Waals surface area contributed by atoms with Crippen molar-refractivity contribution in [1.29, 1.82) is 0 Å². The van der Waals surface area contributed by atoms with Gasteiger partial charge in [0.25, 0.3) is 0 Å². The molecule has 2 N–H and O–H groups in total. The summed E-state index contributed by atoms with van der Waals surface area (Å²) in [5.74, 6) is -4.65. The Bertz CT molecular complexity index is 1140. The minimum absolute atomic E-state index is 0.156. The molecule has 4 amide bonds. The number of hydrogen-bond acceptors (Lipinski definition) is 6. The van der Waals surface area contributed by atoms with E-state index in [0.29, 0.717) is 17.7 Å². The van der Waals surface area contributed by atoms with Crippen LogP contribution in [0.4, 0.5) is 18.0 Å². The number of aliphatic carboxylic acids is 1. The number of ether oxygens (including phenoxy) is 1. The number of amides is 4. The molecule has 0 bridgehead atoms. The third-order valence-electron chi connectivity index (χ3n) is 7.04. The lowest BCUT2D eigenvalue weighted by molar-refractivity contribution is -0.186. The van der Waals surface area contributed by atoms with Gasteiger partial charge in [-0.15, -0.1) is 0 Å². The van der Waals surface area contributed by atoms with Crippen molar-refractivity contribution in [2.75, 3.05) is 26.7 Å². The zero-order valence-corrected chi connectivity index (χ0v) is 25.1. The van der Waals surface area contributed by atoms with Crippen LogP contribution >= 0.6 is 0 Å². The summed E-state index contributed by atoms with van der Waals surface area (Å²) in [6.45, 7) is 5.92. The van der Waals surface area contributed by atoms with E-state index in [0.717, 1.165) is 10.5 Å². The maximum Gasteiger partial charge on any atom is 0.471 e. The fourth-order valence-electron chi connectivity index (χ4n) is 4.62. The normalized spacial score (nSPS) is 16.7. The number of carbonyl (C=O) groups excluding carboxylic acids is 4. The molecule has 0 saturated carbocycles. The van der Waals surface area contributed by atoms with Crippen LogP contribution in [0.1, 0.15) is 58.9 Å². The summed E-state index contributed by atoms with van der Waals surface area (Å²) in [5, 5.41) is 11.7. The average Bonchev–Trinajstić information content (AvgIpc) is 3.38. The zero-order valence-electron chi connectivity index (χ0n) is 25.1. The topological polar surface area (TPSA) is 137 Å². The van der Waals surface area contributed by atoms with E-state index in [9.17, 15) is 42.3 Å². The molecule has 14 heteroatoms. The molecule has 0 radical (unpaired) electrons. The summed E-state index contributed by atoms with van der Waals surface area (Å²) in [7, 11) is 1.34. The van der Waals surface area contributed by atoms with E-state index in [2.05, 4.69) is 5.32 Å². The Hall–Kier alpha value is -3.84. The number of carbonyl (C=O) groups is 5. The van der Waals surface area contributed by atoms with Gasteiger partial charge in [-0.1, -0.05) is 30.3 Å². The Morgan fingerprint density at radius 2 is 1.74 bits per heavy atom. The predicted octanol–water partition coefficient (Wildman–Crippen LogP) is 3.22. The van der Waals surface area contributed by atoms with E-state index in [4.69, 9.17) is 4.74 Å². The molecule has 1 heterocycles. The molecular weight excluding hydrogens is 573 g/mol. The average molecular weight is 615 g/mol. The number of halogens is 3. The van der Waals surface area contributed by atoms with Gasteiger partial charge in [0.15, 0.2) is 0 Å². The second-order valence-electron chi connectivity index (χ2n) is 11.6. The van der Waals surface area contributed by atoms with Gasteiger partial charge in [-0.2, -0.15) is 13.2 Å². The van der Waals surface area contributed by atoms with E-state index in [1.807, 2.05) is 0 Å². The van der Waals surface area contributed by atoms with Crippen LogP contribution in [0.25, 0.3) is 0 Å².